The van der Waals surface area contributed by atoms with Gasteiger partial charge in [-0.15, -0.1) is 0 Å². The Balaban J connectivity index is 1.48. The number of benzene rings is 2. The van der Waals surface area contributed by atoms with Crippen LogP contribution in [0.1, 0.15) is 29.5 Å². The molecule has 0 spiro atoms. The van der Waals surface area contributed by atoms with Crippen molar-refractivity contribution in [2.24, 2.45) is 5.92 Å². The summed E-state index contributed by atoms with van der Waals surface area (Å²) in [6, 6.07) is 14.4. The number of hydrogen-bond donors (Lipinski definition) is 1. The molecule has 1 fully saturated rings. The Hall–Kier alpha value is -2.86. The van der Waals surface area contributed by atoms with E-state index in [9.17, 15) is 4.79 Å². The summed E-state index contributed by atoms with van der Waals surface area (Å²) in [4.78, 5) is 25.5. The fourth-order valence-corrected chi connectivity index (χ4v) is 4.85. The van der Waals surface area contributed by atoms with Gasteiger partial charge in [0.2, 0.25) is 5.91 Å². The van der Waals surface area contributed by atoms with Crippen LogP contribution in [0.15, 0.2) is 64.8 Å². The van der Waals surface area contributed by atoms with Crippen molar-refractivity contribution < 1.29 is 4.79 Å². The number of rotatable bonds is 5. The maximum atomic E-state index is 13.0. The lowest BCUT2D eigenvalue weighted by Gasteiger charge is -2.33. The van der Waals surface area contributed by atoms with E-state index in [0.29, 0.717) is 6.54 Å². The van der Waals surface area contributed by atoms with E-state index in [1.54, 1.807) is 24.2 Å². The standard InChI is InChI=1S/C25H28N4OS/c1-17-6-4-8-22(14-17)31-25-23(26-11-12-27-25)29-13-5-7-20(16-29)24(30)28-21-10-9-18(2)19(3)15-21/h4,6,8-12,14-15,20H,5,7,13,16H2,1-3H3,(H,28,30)/t20-/m0/s1. The van der Waals surface area contributed by atoms with Gasteiger partial charge in [0.05, 0.1) is 5.92 Å². The molecule has 1 amide bonds. The highest BCUT2D eigenvalue weighted by Crippen LogP contribution is 2.34. The van der Waals surface area contributed by atoms with Gasteiger partial charge in [-0.1, -0.05) is 35.5 Å². The minimum absolute atomic E-state index is 0.0738. The van der Waals surface area contributed by atoms with Gasteiger partial charge in [-0.3, -0.25) is 4.79 Å². The van der Waals surface area contributed by atoms with Crippen LogP contribution < -0.4 is 10.2 Å². The highest BCUT2D eigenvalue weighted by Gasteiger charge is 2.28. The monoisotopic (exact) mass is 432 g/mol. The summed E-state index contributed by atoms with van der Waals surface area (Å²) in [6.07, 6.45) is 5.30. The Morgan fingerprint density at radius 3 is 2.71 bits per heavy atom. The molecular formula is C25H28N4OS. The van der Waals surface area contributed by atoms with E-state index in [4.69, 9.17) is 0 Å². The van der Waals surface area contributed by atoms with Gasteiger partial charge in [-0.2, -0.15) is 0 Å². The first-order chi connectivity index (χ1) is 15.0. The molecule has 0 radical (unpaired) electrons. The smallest absolute Gasteiger partial charge is 0.229 e. The highest BCUT2D eigenvalue weighted by atomic mass is 32.2. The van der Waals surface area contributed by atoms with Crippen LogP contribution in [-0.2, 0) is 4.79 Å². The van der Waals surface area contributed by atoms with Crippen molar-refractivity contribution >= 4 is 29.2 Å². The van der Waals surface area contributed by atoms with Crippen molar-refractivity contribution in [2.45, 2.75) is 43.5 Å². The molecule has 1 N–H and O–H groups in total. The molecule has 0 bridgehead atoms. The molecule has 2 aromatic carbocycles. The van der Waals surface area contributed by atoms with Crippen LogP contribution in [0, 0.1) is 26.7 Å². The van der Waals surface area contributed by atoms with E-state index >= 15 is 0 Å². The number of nitrogens with zero attached hydrogens (tertiary/aromatic N) is 3. The Labute approximate surface area is 188 Å². The third-order valence-electron chi connectivity index (χ3n) is 5.72. The number of amides is 1. The molecule has 4 rings (SSSR count). The zero-order valence-electron chi connectivity index (χ0n) is 18.3. The Kier molecular flexibility index (Phi) is 6.56. The van der Waals surface area contributed by atoms with E-state index in [-0.39, 0.29) is 11.8 Å². The predicted molar refractivity (Wildman–Crippen MR) is 127 cm³/mol. The molecule has 1 atom stereocenters. The quantitative estimate of drug-likeness (QED) is 0.584. The molecule has 1 aliphatic rings. The van der Waals surface area contributed by atoms with Gasteiger partial charge in [0.25, 0.3) is 0 Å². The lowest BCUT2D eigenvalue weighted by Crippen LogP contribution is -2.41. The summed E-state index contributed by atoms with van der Waals surface area (Å²) in [6.45, 7) is 7.76. The second kappa shape index (κ2) is 9.52. The molecule has 1 saturated heterocycles. The fraction of sp³-hybridized carbons (Fsp3) is 0.320. The van der Waals surface area contributed by atoms with Crippen LogP contribution in [-0.4, -0.2) is 29.0 Å². The van der Waals surface area contributed by atoms with Gasteiger partial charge in [-0.25, -0.2) is 9.97 Å². The fourth-order valence-electron chi connectivity index (χ4n) is 3.84. The largest absolute Gasteiger partial charge is 0.354 e. The topological polar surface area (TPSA) is 58.1 Å². The molecule has 31 heavy (non-hydrogen) atoms. The lowest BCUT2D eigenvalue weighted by molar-refractivity contribution is -0.120. The van der Waals surface area contributed by atoms with Crippen LogP contribution in [0.25, 0.3) is 0 Å². The molecule has 0 unspecified atom stereocenters. The minimum Gasteiger partial charge on any atom is -0.354 e. The number of nitrogens with one attached hydrogen (secondary N) is 1. The molecule has 0 saturated carbocycles. The molecular weight excluding hydrogens is 404 g/mol. The molecule has 1 aliphatic heterocycles. The van der Waals surface area contributed by atoms with E-state index < -0.39 is 0 Å². The van der Waals surface area contributed by atoms with Gasteiger partial charge >= 0.3 is 0 Å². The number of carbonyl (C=O) groups excluding carboxylic acids is 1. The Morgan fingerprint density at radius 1 is 1.06 bits per heavy atom. The van der Waals surface area contributed by atoms with Gasteiger partial charge < -0.3 is 10.2 Å². The Bertz CT molecular complexity index is 1080. The average Bonchev–Trinajstić information content (AvgIpc) is 2.77. The molecule has 160 valence electrons. The second-order valence-electron chi connectivity index (χ2n) is 8.18. The zero-order chi connectivity index (χ0) is 21.8. The SMILES string of the molecule is Cc1cccc(Sc2nccnc2N2CCC[C@H](C(=O)Nc3ccc(C)c(C)c3)C2)c1. The first kappa shape index (κ1) is 21.4. The summed E-state index contributed by atoms with van der Waals surface area (Å²) in [5.74, 6) is 0.858. The summed E-state index contributed by atoms with van der Waals surface area (Å²) in [5, 5.41) is 3.98. The number of aryl methyl sites for hydroxylation is 3. The van der Waals surface area contributed by atoms with Crippen LogP contribution in [0.5, 0.6) is 0 Å². The minimum atomic E-state index is -0.0748. The molecule has 1 aromatic heterocycles. The number of anilines is 2. The van der Waals surface area contributed by atoms with Gasteiger partial charge in [0.15, 0.2) is 5.82 Å². The predicted octanol–water partition coefficient (Wildman–Crippen LogP) is 5.41. The van der Waals surface area contributed by atoms with E-state index in [2.05, 4.69) is 65.2 Å². The molecule has 0 aliphatic carbocycles. The highest BCUT2D eigenvalue weighted by molar-refractivity contribution is 7.99. The molecule has 3 aromatic rings. The van der Waals surface area contributed by atoms with Gasteiger partial charge in [0.1, 0.15) is 5.03 Å². The van der Waals surface area contributed by atoms with Crippen LogP contribution in [0.3, 0.4) is 0 Å². The maximum absolute atomic E-state index is 13.0. The maximum Gasteiger partial charge on any atom is 0.229 e. The zero-order valence-corrected chi connectivity index (χ0v) is 19.1. The third kappa shape index (κ3) is 5.25. The summed E-state index contributed by atoms with van der Waals surface area (Å²) < 4.78 is 0. The first-order valence-electron chi connectivity index (χ1n) is 10.7. The summed E-state index contributed by atoms with van der Waals surface area (Å²) >= 11 is 1.62. The first-order valence-corrected chi connectivity index (χ1v) is 11.5. The summed E-state index contributed by atoms with van der Waals surface area (Å²) in [7, 11) is 0. The van der Waals surface area contributed by atoms with E-state index in [1.807, 2.05) is 18.2 Å². The van der Waals surface area contributed by atoms with E-state index in [0.717, 1.165) is 40.8 Å². The molecule has 6 heteroatoms. The van der Waals surface area contributed by atoms with Crippen molar-refractivity contribution in [3.05, 3.63) is 71.5 Å². The Morgan fingerprint density at radius 2 is 1.90 bits per heavy atom. The van der Waals surface area contributed by atoms with E-state index in [1.165, 1.54) is 16.7 Å². The molecule has 2 heterocycles. The second-order valence-corrected chi connectivity index (χ2v) is 9.24. The van der Waals surface area contributed by atoms with Crippen molar-refractivity contribution in [3.63, 3.8) is 0 Å². The summed E-state index contributed by atoms with van der Waals surface area (Å²) in [5.41, 5.74) is 4.49. The number of piperidine rings is 1. The lowest BCUT2D eigenvalue weighted by atomic mass is 9.97. The van der Waals surface area contributed by atoms with Crippen molar-refractivity contribution in [1.29, 1.82) is 0 Å². The third-order valence-corrected chi connectivity index (χ3v) is 6.69. The number of carbonyl (C=O) groups is 1. The van der Waals surface area contributed by atoms with Gasteiger partial charge in [-0.05, 0) is 69.0 Å². The van der Waals surface area contributed by atoms with Gasteiger partial charge in [0, 0.05) is 36.1 Å². The average molecular weight is 433 g/mol. The van der Waals surface area contributed by atoms with Crippen molar-refractivity contribution in [3.8, 4) is 0 Å². The van der Waals surface area contributed by atoms with Crippen LogP contribution in [0.4, 0.5) is 11.5 Å². The normalized spacial score (nSPS) is 16.2. The number of hydrogen-bond acceptors (Lipinski definition) is 5. The van der Waals surface area contributed by atoms with Crippen molar-refractivity contribution in [2.75, 3.05) is 23.3 Å². The molecule has 5 nitrogen and oxygen atoms in total. The van der Waals surface area contributed by atoms with Crippen LogP contribution in [0.2, 0.25) is 0 Å². The van der Waals surface area contributed by atoms with Crippen LogP contribution >= 0.6 is 11.8 Å². The van der Waals surface area contributed by atoms with Crippen molar-refractivity contribution in [1.82, 2.24) is 9.97 Å². The number of aromatic nitrogens is 2.